The molecule has 0 aliphatic rings. The topological polar surface area (TPSA) is 137 Å². The number of nitrogens with zero attached hydrogens (tertiary/aromatic N) is 4. The van der Waals surface area contributed by atoms with Crippen molar-refractivity contribution in [2.45, 2.75) is 39.0 Å². The van der Waals surface area contributed by atoms with Gasteiger partial charge in [-0.15, -0.1) is 6.58 Å². The number of nitrogens with one attached hydrogen (secondary N) is 2. The molecule has 0 bridgehead atoms. The number of benzene rings is 1. The van der Waals surface area contributed by atoms with Gasteiger partial charge in [-0.1, -0.05) is 24.3 Å². The van der Waals surface area contributed by atoms with Gasteiger partial charge in [0.2, 0.25) is 0 Å². The van der Waals surface area contributed by atoms with Crippen molar-refractivity contribution in [3.05, 3.63) is 77.8 Å². The summed E-state index contributed by atoms with van der Waals surface area (Å²) < 4.78 is 7.95. The molecule has 0 unspecified atom stereocenters. The molecule has 38 heavy (non-hydrogen) atoms. The van der Waals surface area contributed by atoms with Gasteiger partial charge in [-0.25, -0.2) is 19.7 Å². The summed E-state index contributed by atoms with van der Waals surface area (Å²) in [6.07, 6.45) is 4.07. The van der Waals surface area contributed by atoms with Gasteiger partial charge in [0.15, 0.2) is 0 Å². The number of nitrogen functional groups attached to an aromatic ring is 1. The van der Waals surface area contributed by atoms with Gasteiger partial charge in [0.05, 0.1) is 16.0 Å². The minimum atomic E-state index is -0.633. The molecule has 0 saturated carbocycles. The summed E-state index contributed by atoms with van der Waals surface area (Å²) in [6.45, 7) is 9.55. The maximum absolute atomic E-state index is 12.7. The number of rotatable bonds is 7. The van der Waals surface area contributed by atoms with Crippen LogP contribution in [0.3, 0.4) is 0 Å². The highest BCUT2D eigenvalue weighted by Crippen LogP contribution is 2.40. The van der Waals surface area contributed by atoms with E-state index in [4.69, 9.17) is 10.5 Å². The molecule has 1 aromatic carbocycles. The third-order valence-electron chi connectivity index (χ3n) is 5.51. The van der Waals surface area contributed by atoms with Crippen LogP contribution in [0, 0.1) is 0 Å². The highest BCUT2D eigenvalue weighted by Gasteiger charge is 2.24. The van der Waals surface area contributed by atoms with Crippen molar-refractivity contribution in [1.29, 1.82) is 0 Å². The zero-order valence-corrected chi connectivity index (χ0v) is 22.8. The maximum atomic E-state index is 12.7. The van der Waals surface area contributed by atoms with Crippen molar-refractivity contribution < 1.29 is 14.3 Å². The van der Waals surface area contributed by atoms with Crippen molar-refractivity contribution in [3.63, 3.8) is 0 Å². The lowest BCUT2D eigenvalue weighted by atomic mass is 10.0. The Kier molecular flexibility index (Phi) is 7.77. The molecule has 4 rings (SSSR count). The number of carbonyl (C=O) groups is 2. The van der Waals surface area contributed by atoms with Crippen molar-refractivity contribution in [2.24, 2.45) is 0 Å². The van der Waals surface area contributed by atoms with Crippen LogP contribution in [0.15, 0.2) is 72.2 Å². The van der Waals surface area contributed by atoms with Crippen molar-refractivity contribution in [2.75, 3.05) is 11.1 Å². The van der Waals surface area contributed by atoms with Crippen molar-refractivity contribution >= 4 is 50.6 Å². The Morgan fingerprint density at radius 2 is 1.89 bits per heavy atom. The molecule has 0 aliphatic heterocycles. The van der Waals surface area contributed by atoms with E-state index in [2.05, 4.69) is 48.1 Å². The molecule has 2 amide bonds. The van der Waals surface area contributed by atoms with Gasteiger partial charge >= 0.3 is 6.09 Å². The zero-order chi connectivity index (χ0) is 27.4. The lowest BCUT2D eigenvalue weighted by Crippen LogP contribution is -2.40. The maximum Gasteiger partial charge on any atom is 0.408 e. The molecule has 4 N–H and O–H groups in total. The monoisotopic (exact) mass is 577 g/mol. The molecule has 0 spiro atoms. The first-order chi connectivity index (χ1) is 18.1. The van der Waals surface area contributed by atoms with Gasteiger partial charge < -0.3 is 25.7 Å². The highest BCUT2D eigenvalue weighted by atomic mass is 79.9. The van der Waals surface area contributed by atoms with Crippen LogP contribution in [0.1, 0.15) is 31.1 Å². The Morgan fingerprint density at radius 1 is 1.16 bits per heavy atom. The number of anilines is 2. The normalized spacial score (nSPS) is 12.1. The SMILES string of the molecule is C=C[C@@H](Cn1c(Br)c(-c2ccc(C(=O)Nc3ccccn3)cc2)c2c(N)ncnc21)NC(=O)OC(C)(C)C. The molecule has 0 aliphatic carbocycles. The largest absolute Gasteiger partial charge is 0.444 e. The van der Waals surface area contributed by atoms with Crippen LogP contribution in [0.5, 0.6) is 0 Å². The van der Waals surface area contributed by atoms with Gasteiger partial charge in [0.25, 0.3) is 5.91 Å². The lowest BCUT2D eigenvalue weighted by molar-refractivity contribution is 0.0510. The van der Waals surface area contributed by atoms with Crippen LogP contribution in [0.4, 0.5) is 16.4 Å². The smallest absolute Gasteiger partial charge is 0.408 e. The molecule has 10 nitrogen and oxygen atoms in total. The van der Waals surface area contributed by atoms with Crippen molar-refractivity contribution in [3.8, 4) is 11.1 Å². The molecule has 1 atom stereocenters. The molecule has 0 fully saturated rings. The average molecular weight is 578 g/mol. The number of fused-ring (bicyclic) bond motifs is 1. The van der Waals surface area contributed by atoms with E-state index >= 15 is 0 Å². The second kappa shape index (κ2) is 11.0. The fourth-order valence-electron chi connectivity index (χ4n) is 3.84. The number of hydrogen-bond donors (Lipinski definition) is 3. The van der Waals surface area contributed by atoms with Crippen LogP contribution < -0.4 is 16.4 Å². The standard InChI is InChI=1S/C27H28BrN7O3/c1-5-18(33-26(37)38-27(2,3)4)14-35-22(28)20(21-23(29)31-15-32-24(21)35)16-9-11-17(12-10-16)25(36)34-19-8-6-7-13-30-19/h5-13,15,18H,1,14H2,2-4H3,(H,33,37)(H2,29,31,32)(H,30,34,36)/t18-/m0/s1. The van der Waals surface area contributed by atoms with Crippen LogP contribution in [0.2, 0.25) is 0 Å². The Labute approximate surface area is 228 Å². The zero-order valence-electron chi connectivity index (χ0n) is 21.2. The fraction of sp³-hybridized carbons (Fsp3) is 0.222. The van der Waals surface area contributed by atoms with Crippen LogP contribution in [-0.2, 0) is 11.3 Å². The van der Waals surface area contributed by atoms with E-state index in [0.717, 1.165) is 11.1 Å². The second-order valence-corrected chi connectivity index (χ2v) is 10.2. The van der Waals surface area contributed by atoms with E-state index < -0.39 is 17.7 Å². The fourth-order valence-corrected chi connectivity index (χ4v) is 4.58. The lowest BCUT2D eigenvalue weighted by Gasteiger charge is -2.22. The number of ether oxygens (including phenoxy) is 1. The number of hydrogen-bond acceptors (Lipinski definition) is 7. The summed E-state index contributed by atoms with van der Waals surface area (Å²) in [7, 11) is 0. The first-order valence-electron chi connectivity index (χ1n) is 11.8. The highest BCUT2D eigenvalue weighted by molar-refractivity contribution is 9.10. The molecule has 4 aromatic rings. The number of alkyl carbamates (subject to hydrolysis) is 1. The summed E-state index contributed by atoms with van der Waals surface area (Å²) in [5.41, 5.74) is 8.26. The Balaban J connectivity index is 1.65. The van der Waals surface area contributed by atoms with Gasteiger partial charge in [-0.2, -0.15) is 0 Å². The van der Waals surface area contributed by atoms with Crippen LogP contribution in [-0.4, -0.2) is 43.2 Å². The number of pyridine rings is 1. The number of halogens is 1. The Hall–Kier alpha value is -4.25. The summed E-state index contributed by atoms with van der Waals surface area (Å²) in [6, 6.07) is 11.9. The minimum absolute atomic E-state index is 0.276. The average Bonchev–Trinajstić information content (AvgIpc) is 3.15. The van der Waals surface area contributed by atoms with E-state index in [0.29, 0.717) is 39.4 Å². The van der Waals surface area contributed by atoms with Gasteiger partial charge in [-0.3, -0.25) is 4.79 Å². The molecule has 0 saturated heterocycles. The molecular formula is C27H28BrN7O3. The third kappa shape index (κ3) is 6.00. The van der Waals surface area contributed by atoms with E-state index in [9.17, 15) is 9.59 Å². The number of carbonyl (C=O) groups excluding carboxylic acids is 2. The summed E-state index contributed by atoms with van der Waals surface area (Å²) in [5.74, 6) is 0.493. The quantitative estimate of drug-likeness (QED) is 0.257. The predicted molar refractivity (Wildman–Crippen MR) is 151 cm³/mol. The van der Waals surface area contributed by atoms with Gasteiger partial charge in [-0.05, 0) is 66.5 Å². The van der Waals surface area contributed by atoms with Crippen LogP contribution >= 0.6 is 15.9 Å². The molecule has 11 heteroatoms. The first kappa shape index (κ1) is 26.8. The second-order valence-electron chi connectivity index (χ2n) is 9.47. The molecule has 3 heterocycles. The number of nitrogens with two attached hydrogens (primary N) is 1. The molecule has 196 valence electrons. The Bertz CT molecular complexity index is 1480. The summed E-state index contributed by atoms with van der Waals surface area (Å²) in [4.78, 5) is 37.8. The molecular weight excluding hydrogens is 550 g/mol. The summed E-state index contributed by atoms with van der Waals surface area (Å²) >= 11 is 3.70. The number of amides is 2. The van der Waals surface area contributed by atoms with E-state index in [-0.39, 0.29) is 5.91 Å². The molecule has 0 radical (unpaired) electrons. The number of aromatic nitrogens is 4. The van der Waals surface area contributed by atoms with E-state index in [1.54, 1.807) is 63.4 Å². The van der Waals surface area contributed by atoms with Crippen molar-refractivity contribution in [1.82, 2.24) is 24.8 Å². The third-order valence-corrected chi connectivity index (χ3v) is 6.34. The van der Waals surface area contributed by atoms with Gasteiger partial charge in [0, 0.05) is 23.9 Å². The first-order valence-corrected chi connectivity index (χ1v) is 12.6. The summed E-state index contributed by atoms with van der Waals surface area (Å²) in [5, 5.41) is 6.24. The molecule has 3 aromatic heterocycles. The predicted octanol–water partition coefficient (Wildman–Crippen LogP) is 5.17. The minimum Gasteiger partial charge on any atom is -0.444 e. The van der Waals surface area contributed by atoms with E-state index in [1.165, 1.54) is 6.33 Å². The van der Waals surface area contributed by atoms with E-state index in [1.807, 2.05) is 16.7 Å². The van der Waals surface area contributed by atoms with Crippen LogP contribution in [0.25, 0.3) is 22.2 Å². The Morgan fingerprint density at radius 3 is 2.53 bits per heavy atom. The van der Waals surface area contributed by atoms with Gasteiger partial charge in [0.1, 0.15) is 29.2 Å².